The van der Waals surface area contributed by atoms with Crippen LogP contribution in [0.15, 0.2) is 66.0 Å². The van der Waals surface area contributed by atoms with E-state index in [4.69, 9.17) is 9.47 Å². The molecule has 0 atom stereocenters. The average Bonchev–Trinajstić information content (AvgIpc) is 3.27. The summed E-state index contributed by atoms with van der Waals surface area (Å²) in [5.41, 5.74) is 1.13. The zero-order chi connectivity index (χ0) is 21.1. The smallest absolute Gasteiger partial charge is 0.308 e. The van der Waals surface area contributed by atoms with E-state index in [2.05, 4.69) is 16.7 Å². The molecule has 2 aromatic heterocycles. The summed E-state index contributed by atoms with van der Waals surface area (Å²) in [5.74, 6) is 1.14. The summed E-state index contributed by atoms with van der Waals surface area (Å²) in [6.07, 6.45) is 3.35. The molecule has 30 heavy (non-hydrogen) atoms. The number of nitrogens with zero attached hydrogens (tertiary/aromatic N) is 3. The number of aromatic nitrogens is 3. The highest BCUT2D eigenvalue weighted by Gasteiger charge is 2.13. The van der Waals surface area contributed by atoms with Crippen LogP contribution in [0.25, 0.3) is 22.4 Å². The van der Waals surface area contributed by atoms with Gasteiger partial charge in [0.15, 0.2) is 5.82 Å². The SMILES string of the molecule is C=CCOc1ccc(-c2nc3sc(=Cc4ccccc4OC(C)=O)c(=O)n3n2)cc1. The van der Waals surface area contributed by atoms with E-state index in [1.165, 1.54) is 22.8 Å². The normalized spacial score (nSPS) is 11.6. The maximum atomic E-state index is 12.8. The minimum absolute atomic E-state index is 0.280. The molecule has 0 saturated heterocycles. The number of rotatable bonds is 6. The minimum Gasteiger partial charge on any atom is -0.490 e. The second kappa shape index (κ2) is 8.30. The van der Waals surface area contributed by atoms with Gasteiger partial charge in [0, 0.05) is 18.1 Å². The molecular formula is C22H17N3O4S. The molecule has 0 amide bonds. The number of fused-ring (bicyclic) bond motifs is 1. The molecule has 4 rings (SSSR count). The topological polar surface area (TPSA) is 82.8 Å². The van der Waals surface area contributed by atoms with E-state index in [0.29, 0.717) is 39.0 Å². The van der Waals surface area contributed by atoms with Crippen molar-refractivity contribution in [3.63, 3.8) is 0 Å². The number of hydrogen-bond donors (Lipinski definition) is 0. The van der Waals surface area contributed by atoms with E-state index in [9.17, 15) is 9.59 Å². The standard InChI is InChI=1S/C22H17N3O4S/c1-3-12-28-17-10-8-15(9-11-17)20-23-22-25(24-20)21(27)19(30-22)13-16-6-4-5-7-18(16)29-14(2)26/h3-11,13H,1,12H2,2H3. The predicted molar refractivity (Wildman–Crippen MR) is 115 cm³/mol. The molecule has 0 aliphatic rings. The van der Waals surface area contributed by atoms with Crippen LogP contribution in [-0.4, -0.2) is 27.2 Å². The van der Waals surface area contributed by atoms with E-state index >= 15 is 0 Å². The number of para-hydroxylation sites is 1. The van der Waals surface area contributed by atoms with Gasteiger partial charge in [-0.25, -0.2) is 0 Å². The molecule has 0 unspecified atom stereocenters. The second-order valence-electron chi connectivity index (χ2n) is 6.30. The second-order valence-corrected chi connectivity index (χ2v) is 7.31. The third kappa shape index (κ3) is 3.99. The first-order valence-corrected chi connectivity index (χ1v) is 9.89. The number of ether oxygens (including phenoxy) is 2. The molecule has 0 bridgehead atoms. The maximum Gasteiger partial charge on any atom is 0.308 e. The summed E-state index contributed by atoms with van der Waals surface area (Å²) < 4.78 is 12.4. The number of thiazole rings is 1. The lowest BCUT2D eigenvalue weighted by molar-refractivity contribution is -0.131. The molecule has 2 heterocycles. The Morgan fingerprint density at radius 2 is 1.97 bits per heavy atom. The van der Waals surface area contributed by atoms with Crippen LogP contribution in [0.4, 0.5) is 0 Å². The van der Waals surface area contributed by atoms with Gasteiger partial charge >= 0.3 is 5.97 Å². The largest absolute Gasteiger partial charge is 0.490 e. The first-order chi connectivity index (χ1) is 14.5. The van der Waals surface area contributed by atoms with Gasteiger partial charge in [-0.2, -0.15) is 9.50 Å². The first kappa shape index (κ1) is 19.5. The van der Waals surface area contributed by atoms with Crippen molar-refractivity contribution in [1.82, 2.24) is 14.6 Å². The molecule has 150 valence electrons. The highest BCUT2D eigenvalue weighted by molar-refractivity contribution is 7.15. The van der Waals surface area contributed by atoms with Crippen molar-refractivity contribution in [1.29, 1.82) is 0 Å². The van der Waals surface area contributed by atoms with Crippen LogP contribution in [0.3, 0.4) is 0 Å². The highest BCUT2D eigenvalue weighted by Crippen LogP contribution is 2.21. The molecule has 0 fully saturated rings. The van der Waals surface area contributed by atoms with E-state index in [1.54, 1.807) is 36.4 Å². The van der Waals surface area contributed by atoms with Gasteiger partial charge in [0.25, 0.3) is 5.56 Å². The quantitative estimate of drug-likeness (QED) is 0.272. The van der Waals surface area contributed by atoms with Gasteiger partial charge in [0.1, 0.15) is 18.1 Å². The summed E-state index contributed by atoms with van der Waals surface area (Å²) in [6.45, 7) is 5.38. The molecule has 0 saturated carbocycles. The third-order valence-corrected chi connectivity index (χ3v) is 5.08. The minimum atomic E-state index is -0.425. The van der Waals surface area contributed by atoms with Crippen LogP contribution in [0.5, 0.6) is 11.5 Å². The molecule has 7 nitrogen and oxygen atoms in total. The van der Waals surface area contributed by atoms with Gasteiger partial charge in [-0.05, 0) is 36.4 Å². The number of benzene rings is 2. The van der Waals surface area contributed by atoms with Crippen molar-refractivity contribution in [3.05, 3.63) is 81.6 Å². The molecule has 0 spiro atoms. The molecule has 0 radical (unpaired) electrons. The van der Waals surface area contributed by atoms with Crippen molar-refractivity contribution in [2.24, 2.45) is 0 Å². The van der Waals surface area contributed by atoms with Crippen molar-refractivity contribution >= 4 is 28.3 Å². The maximum absolute atomic E-state index is 12.8. The monoisotopic (exact) mass is 419 g/mol. The fourth-order valence-electron chi connectivity index (χ4n) is 2.80. The summed E-state index contributed by atoms with van der Waals surface area (Å²) in [6, 6.07) is 14.3. The average molecular weight is 419 g/mol. The number of carbonyl (C=O) groups excluding carboxylic acids is 1. The summed E-state index contributed by atoms with van der Waals surface area (Å²) >= 11 is 1.22. The fraction of sp³-hybridized carbons (Fsp3) is 0.0909. The summed E-state index contributed by atoms with van der Waals surface area (Å²) in [4.78, 5) is 29.0. The Morgan fingerprint density at radius 1 is 1.20 bits per heavy atom. The van der Waals surface area contributed by atoms with Gasteiger partial charge < -0.3 is 9.47 Å². The lowest BCUT2D eigenvalue weighted by atomic mass is 10.2. The van der Waals surface area contributed by atoms with E-state index in [0.717, 1.165) is 5.56 Å². The molecule has 0 N–H and O–H groups in total. The highest BCUT2D eigenvalue weighted by atomic mass is 32.1. The van der Waals surface area contributed by atoms with Crippen LogP contribution in [0.1, 0.15) is 12.5 Å². The lowest BCUT2D eigenvalue weighted by Gasteiger charge is -2.04. The third-order valence-electron chi connectivity index (χ3n) is 4.12. The Balaban J connectivity index is 1.68. The van der Waals surface area contributed by atoms with Crippen molar-refractivity contribution in [3.8, 4) is 22.9 Å². The van der Waals surface area contributed by atoms with Gasteiger partial charge in [-0.15, -0.1) is 5.10 Å². The van der Waals surface area contributed by atoms with Crippen LogP contribution >= 0.6 is 11.3 Å². The molecule has 2 aromatic carbocycles. The van der Waals surface area contributed by atoms with Gasteiger partial charge in [0.2, 0.25) is 4.96 Å². The Hall–Kier alpha value is -3.78. The van der Waals surface area contributed by atoms with Crippen LogP contribution < -0.4 is 19.6 Å². The molecular weight excluding hydrogens is 402 g/mol. The van der Waals surface area contributed by atoms with Crippen LogP contribution in [0.2, 0.25) is 0 Å². The Labute approximate surface area is 175 Å². The molecule has 0 aliphatic carbocycles. The Bertz CT molecular complexity index is 1340. The number of carbonyl (C=O) groups is 1. The van der Waals surface area contributed by atoms with Gasteiger partial charge in [0.05, 0.1) is 4.53 Å². The Morgan fingerprint density at radius 3 is 2.67 bits per heavy atom. The molecule has 4 aromatic rings. The summed E-state index contributed by atoms with van der Waals surface area (Å²) in [5, 5.41) is 4.35. The predicted octanol–water partition coefficient (Wildman–Crippen LogP) is 2.86. The zero-order valence-electron chi connectivity index (χ0n) is 16.1. The van der Waals surface area contributed by atoms with Gasteiger partial charge in [-0.3, -0.25) is 9.59 Å². The molecule has 0 aliphatic heterocycles. The fourth-order valence-corrected chi connectivity index (χ4v) is 3.70. The van der Waals surface area contributed by atoms with Crippen molar-refractivity contribution < 1.29 is 14.3 Å². The van der Waals surface area contributed by atoms with E-state index < -0.39 is 5.97 Å². The van der Waals surface area contributed by atoms with Crippen LogP contribution in [-0.2, 0) is 4.79 Å². The molecule has 8 heteroatoms. The van der Waals surface area contributed by atoms with Crippen molar-refractivity contribution in [2.45, 2.75) is 6.92 Å². The number of hydrogen-bond acceptors (Lipinski definition) is 7. The van der Waals surface area contributed by atoms with Crippen molar-refractivity contribution in [2.75, 3.05) is 6.61 Å². The number of esters is 1. The lowest BCUT2D eigenvalue weighted by Crippen LogP contribution is -2.23. The van der Waals surface area contributed by atoms with Crippen LogP contribution in [0, 0.1) is 0 Å². The van der Waals surface area contributed by atoms with E-state index in [1.807, 2.05) is 24.3 Å². The first-order valence-electron chi connectivity index (χ1n) is 9.08. The van der Waals surface area contributed by atoms with E-state index in [-0.39, 0.29) is 5.56 Å². The van der Waals surface area contributed by atoms with Gasteiger partial charge in [-0.1, -0.05) is 42.2 Å². The Kier molecular flexibility index (Phi) is 5.40. The zero-order valence-corrected chi connectivity index (χ0v) is 16.9. The summed E-state index contributed by atoms with van der Waals surface area (Å²) in [7, 11) is 0.